The van der Waals surface area contributed by atoms with E-state index in [1.165, 1.54) is 5.56 Å². The quantitative estimate of drug-likeness (QED) is 0.923. The summed E-state index contributed by atoms with van der Waals surface area (Å²) in [6, 6.07) is 9.92. The largest absolute Gasteiger partial charge is 0.381 e. The smallest absolute Gasteiger partial charge is 0.243 e. The molecule has 0 aliphatic carbocycles. The maximum absolute atomic E-state index is 6.22. The van der Waals surface area contributed by atoms with Gasteiger partial charge < -0.3 is 15.0 Å². The third-order valence-electron chi connectivity index (χ3n) is 3.75. The molecular weight excluding hydrogens is 254 g/mol. The molecule has 1 atom stereocenters. The highest BCUT2D eigenvalue weighted by Crippen LogP contribution is 2.27. The Kier molecular flexibility index (Phi) is 4.08. The number of aromatic nitrogens is 2. The zero-order valence-corrected chi connectivity index (χ0v) is 11.4. The first kappa shape index (κ1) is 13.3. The van der Waals surface area contributed by atoms with Crippen molar-refractivity contribution >= 4 is 0 Å². The number of nitrogens with two attached hydrogens (primary N) is 1. The van der Waals surface area contributed by atoms with Crippen LogP contribution >= 0.6 is 0 Å². The fourth-order valence-corrected chi connectivity index (χ4v) is 2.53. The molecule has 0 amide bonds. The Hall–Kier alpha value is -1.72. The fraction of sp³-hybridized carbons (Fsp3) is 0.467. The Bertz CT molecular complexity index is 535. The van der Waals surface area contributed by atoms with Crippen molar-refractivity contribution in [2.45, 2.75) is 25.3 Å². The van der Waals surface area contributed by atoms with Crippen molar-refractivity contribution in [1.82, 2.24) is 10.1 Å². The number of benzene rings is 1. The van der Waals surface area contributed by atoms with E-state index >= 15 is 0 Å². The molecule has 0 saturated carbocycles. The Morgan fingerprint density at radius 1 is 1.20 bits per heavy atom. The van der Waals surface area contributed by atoms with Gasteiger partial charge in [0, 0.05) is 19.6 Å². The minimum atomic E-state index is -0.184. The van der Waals surface area contributed by atoms with Crippen molar-refractivity contribution in [3.63, 3.8) is 0 Å². The second-order valence-corrected chi connectivity index (χ2v) is 5.19. The zero-order chi connectivity index (χ0) is 13.8. The van der Waals surface area contributed by atoms with Gasteiger partial charge in [0.05, 0.1) is 6.04 Å². The Balaban J connectivity index is 1.66. The Labute approximate surface area is 118 Å². The summed E-state index contributed by atoms with van der Waals surface area (Å²) in [5.41, 5.74) is 7.39. The molecule has 0 bridgehead atoms. The van der Waals surface area contributed by atoms with Crippen LogP contribution in [0.15, 0.2) is 34.9 Å². The van der Waals surface area contributed by atoms with Crippen LogP contribution < -0.4 is 5.73 Å². The molecule has 2 heterocycles. The molecule has 1 fully saturated rings. The van der Waals surface area contributed by atoms with Gasteiger partial charge in [-0.1, -0.05) is 35.5 Å². The predicted molar refractivity (Wildman–Crippen MR) is 74.0 cm³/mol. The molecule has 3 rings (SSSR count). The maximum Gasteiger partial charge on any atom is 0.243 e. The third-order valence-corrected chi connectivity index (χ3v) is 3.75. The lowest BCUT2D eigenvalue weighted by Crippen LogP contribution is -2.27. The van der Waals surface area contributed by atoms with Gasteiger partial charge in [-0.2, -0.15) is 4.98 Å². The number of ether oxygens (including phenoxy) is 1. The number of hydrogen-bond acceptors (Lipinski definition) is 5. The van der Waals surface area contributed by atoms with Crippen LogP contribution in [-0.4, -0.2) is 23.4 Å². The SMILES string of the molecule is NC(c1nc(Cc2ccccc2)no1)C1CCOCC1. The molecule has 1 aliphatic rings. The molecule has 1 aromatic carbocycles. The van der Waals surface area contributed by atoms with Gasteiger partial charge in [0.1, 0.15) is 0 Å². The molecule has 2 N–H and O–H groups in total. The summed E-state index contributed by atoms with van der Waals surface area (Å²) in [7, 11) is 0. The normalized spacial score (nSPS) is 18.1. The molecule has 106 valence electrons. The van der Waals surface area contributed by atoms with E-state index in [-0.39, 0.29) is 6.04 Å². The molecule has 1 saturated heterocycles. The highest BCUT2D eigenvalue weighted by molar-refractivity contribution is 5.18. The van der Waals surface area contributed by atoms with E-state index in [2.05, 4.69) is 22.3 Å². The van der Waals surface area contributed by atoms with E-state index in [1.54, 1.807) is 0 Å². The predicted octanol–water partition coefficient (Wildman–Crippen LogP) is 2.09. The van der Waals surface area contributed by atoms with E-state index in [0.29, 0.717) is 24.1 Å². The van der Waals surface area contributed by atoms with E-state index in [4.69, 9.17) is 15.0 Å². The average Bonchev–Trinajstić information content (AvgIpc) is 2.97. The Morgan fingerprint density at radius 2 is 1.95 bits per heavy atom. The zero-order valence-electron chi connectivity index (χ0n) is 11.4. The molecule has 20 heavy (non-hydrogen) atoms. The van der Waals surface area contributed by atoms with Crippen molar-refractivity contribution in [3.8, 4) is 0 Å². The summed E-state index contributed by atoms with van der Waals surface area (Å²) in [4.78, 5) is 4.44. The van der Waals surface area contributed by atoms with Crippen molar-refractivity contribution in [1.29, 1.82) is 0 Å². The van der Waals surface area contributed by atoms with Crippen LogP contribution in [0, 0.1) is 5.92 Å². The molecular formula is C15H19N3O2. The summed E-state index contributed by atoms with van der Waals surface area (Å²) < 4.78 is 10.7. The highest BCUT2D eigenvalue weighted by atomic mass is 16.5. The van der Waals surface area contributed by atoms with Gasteiger partial charge in [0.2, 0.25) is 5.89 Å². The van der Waals surface area contributed by atoms with Gasteiger partial charge in [0.15, 0.2) is 5.82 Å². The van der Waals surface area contributed by atoms with Crippen molar-refractivity contribution < 1.29 is 9.26 Å². The van der Waals surface area contributed by atoms with Crippen molar-refractivity contribution in [2.24, 2.45) is 11.7 Å². The van der Waals surface area contributed by atoms with Crippen LogP contribution in [0.1, 0.15) is 36.2 Å². The number of rotatable bonds is 4. The molecule has 5 nitrogen and oxygen atoms in total. The van der Waals surface area contributed by atoms with Gasteiger partial charge in [0.25, 0.3) is 0 Å². The van der Waals surface area contributed by atoms with Gasteiger partial charge in [-0.15, -0.1) is 0 Å². The molecule has 1 aliphatic heterocycles. The average molecular weight is 273 g/mol. The molecule has 5 heteroatoms. The number of hydrogen-bond donors (Lipinski definition) is 1. The van der Waals surface area contributed by atoms with E-state index in [1.807, 2.05) is 18.2 Å². The molecule has 1 aromatic heterocycles. The Morgan fingerprint density at radius 3 is 2.70 bits per heavy atom. The van der Waals surface area contributed by atoms with Gasteiger partial charge >= 0.3 is 0 Å². The second-order valence-electron chi connectivity index (χ2n) is 5.19. The van der Waals surface area contributed by atoms with E-state index in [0.717, 1.165) is 26.1 Å². The van der Waals surface area contributed by atoms with E-state index < -0.39 is 0 Å². The van der Waals surface area contributed by atoms with Crippen molar-refractivity contribution in [2.75, 3.05) is 13.2 Å². The van der Waals surface area contributed by atoms with Crippen LogP contribution in [0.2, 0.25) is 0 Å². The maximum atomic E-state index is 6.22. The van der Waals surface area contributed by atoms with Crippen LogP contribution in [-0.2, 0) is 11.2 Å². The topological polar surface area (TPSA) is 74.2 Å². The summed E-state index contributed by atoms with van der Waals surface area (Å²) in [5, 5.41) is 4.03. The fourth-order valence-electron chi connectivity index (χ4n) is 2.53. The van der Waals surface area contributed by atoms with Gasteiger partial charge in [-0.05, 0) is 24.3 Å². The van der Waals surface area contributed by atoms with E-state index in [9.17, 15) is 0 Å². The monoisotopic (exact) mass is 273 g/mol. The summed E-state index contributed by atoms with van der Waals surface area (Å²) in [6.45, 7) is 1.53. The second kappa shape index (κ2) is 6.15. The van der Waals surface area contributed by atoms with Gasteiger partial charge in [-0.3, -0.25) is 0 Å². The molecule has 0 spiro atoms. The summed E-state index contributed by atoms with van der Waals surface area (Å²) >= 11 is 0. The first-order valence-corrected chi connectivity index (χ1v) is 7.02. The minimum absolute atomic E-state index is 0.184. The summed E-state index contributed by atoms with van der Waals surface area (Å²) in [6.07, 6.45) is 2.58. The molecule has 2 aromatic rings. The van der Waals surface area contributed by atoms with Crippen LogP contribution in [0.5, 0.6) is 0 Å². The third kappa shape index (κ3) is 3.05. The molecule has 0 radical (unpaired) electrons. The first-order valence-electron chi connectivity index (χ1n) is 7.02. The highest BCUT2D eigenvalue weighted by Gasteiger charge is 2.26. The summed E-state index contributed by atoms with van der Waals surface area (Å²) in [5.74, 6) is 1.60. The van der Waals surface area contributed by atoms with Crippen LogP contribution in [0.3, 0.4) is 0 Å². The van der Waals surface area contributed by atoms with Crippen LogP contribution in [0.4, 0.5) is 0 Å². The number of nitrogens with zero attached hydrogens (tertiary/aromatic N) is 2. The minimum Gasteiger partial charge on any atom is -0.381 e. The van der Waals surface area contributed by atoms with Crippen molar-refractivity contribution in [3.05, 3.63) is 47.6 Å². The molecule has 1 unspecified atom stereocenters. The first-order chi connectivity index (χ1) is 9.83. The van der Waals surface area contributed by atoms with Gasteiger partial charge in [-0.25, -0.2) is 0 Å². The lowest BCUT2D eigenvalue weighted by atomic mass is 9.92. The lowest BCUT2D eigenvalue weighted by molar-refractivity contribution is 0.0546. The van der Waals surface area contributed by atoms with Crippen LogP contribution in [0.25, 0.3) is 0 Å². The standard InChI is InChI=1S/C15H19N3O2/c16-14(12-6-8-19-9-7-12)15-17-13(18-20-15)10-11-4-2-1-3-5-11/h1-5,12,14H,6-10,16H2. The lowest BCUT2D eigenvalue weighted by Gasteiger charge is -2.25.